The van der Waals surface area contributed by atoms with Gasteiger partial charge >= 0.3 is 0 Å². The molecule has 0 radical (unpaired) electrons. The number of imidazole rings is 1. The summed E-state index contributed by atoms with van der Waals surface area (Å²) >= 11 is 2.89. The molecule has 3 aromatic carbocycles. The Bertz CT molecular complexity index is 2140. The van der Waals surface area contributed by atoms with E-state index in [-0.39, 0.29) is 4.90 Å². The Hall–Kier alpha value is -3.84. The maximum Gasteiger partial charge on any atom is 0.294 e. The molecule has 6 aromatic rings. The molecular weight excluding hydrogens is 601 g/mol. The number of hydrogen-bond acceptors (Lipinski definition) is 7. The number of rotatable bonds is 9. The summed E-state index contributed by atoms with van der Waals surface area (Å²) in [5.74, 6) is 0.459. The van der Waals surface area contributed by atoms with E-state index in [1.165, 1.54) is 34.6 Å². The second-order valence-corrected chi connectivity index (χ2v) is 14.1. The lowest BCUT2D eigenvalue weighted by atomic mass is 9.90. The number of aryl methyl sites for hydroxylation is 1. The Morgan fingerprint density at radius 1 is 0.953 bits per heavy atom. The topological polar surface area (TPSA) is 107 Å². The van der Waals surface area contributed by atoms with E-state index < -0.39 is 10.1 Å². The number of fused-ring (bicyclic) bond motifs is 2. The molecule has 0 aliphatic heterocycles. The van der Waals surface area contributed by atoms with Crippen LogP contribution in [0.3, 0.4) is 0 Å². The van der Waals surface area contributed by atoms with E-state index in [2.05, 4.69) is 74.6 Å². The van der Waals surface area contributed by atoms with Gasteiger partial charge in [-0.3, -0.25) is 4.55 Å². The summed E-state index contributed by atoms with van der Waals surface area (Å²) in [7, 11) is -2.43. The van der Waals surface area contributed by atoms with Crippen LogP contribution < -0.4 is 9.60 Å². The Balaban J connectivity index is 1.32. The highest BCUT2D eigenvalue weighted by Crippen LogP contribution is 2.30. The van der Waals surface area contributed by atoms with E-state index >= 15 is 0 Å². The first-order chi connectivity index (χ1) is 20.7. The highest BCUT2D eigenvalue weighted by molar-refractivity contribution is 7.85. The Labute approximate surface area is 257 Å². The van der Waals surface area contributed by atoms with E-state index in [4.69, 9.17) is 0 Å². The molecule has 222 valence electrons. The van der Waals surface area contributed by atoms with Crippen LogP contribution in [0.2, 0.25) is 0 Å². The van der Waals surface area contributed by atoms with Crippen molar-refractivity contribution in [1.82, 2.24) is 18.7 Å². The van der Waals surface area contributed by atoms with Crippen LogP contribution in [0.1, 0.15) is 49.8 Å². The van der Waals surface area contributed by atoms with Crippen LogP contribution in [-0.2, 0) is 23.7 Å². The molecule has 0 aliphatic rings. The van der Waals surface area contributed by atoms with Crippen LogP contribution in [0.4, 0.5) is 0 Å². The van der Waals surface area contributed by atoms with Gasteiger partial charge in [0.15, 0.2) is 0 Å². The van der Waals surface area contributed by atoms with Crippen molar-refractivity contribution in [3.05, 3.63) is 106 Å². The normalized spacial score (nSPS) is 14.6. The zero-order valence-electron chi connectivity index (χ0n) is 24.0. The predicted molar refractivity (Wildman–Crippen MR) is 172 cm³/mol. The quantitative estimate of drug-likeness (QED) is 0.149. The minimum atomic E-state index is -4.29. The second kappa shape index (κ2) is 12.0. The van der Waals surface area contributed by atoms with E-state index in [0.717, 1.165) is 33.4 Å². The largest absolute Gasteiger partial charge is 0.335 e. The zero-order valence-corrected chi connectivity index (χ0v) is 26.5. The molecule has 3 heterocycles. The van der Waals surface area contributed by atoms with Gasteiger partial charge in [-0.15, -0.1) is 10.2 Å². The molecule has 0 fully saturated rings. The maximum absolute atomic E-state index is 11.6. The van der Waals surface area contributed by atoms with Crippen molar-refractivity contribution in [2.24, 2.45) is 17.3 Å². The summed E-state index contributed by atoms with van der Waals surface area (Å²) < 4.78 is 40.7. The molecule has 12 heteroatoms. The van der Waals surface area contributed by atoms with Crippen molar-refractivity contribution in [3.8, 4) is 0 Å². The highest BCUT2D eigenvalue weighted by Gasteiger charge is 2.16. The van der Waals surface area contributed by atoms with Crippen molar-refractivity contribution in [2.75, 3.05) is 0 Å². The number of benzene rings is 3. The Morgan fingerprint density at radius 2 is 1.70 bits per heavy atom. The molecule has 43 heavy (non-hydrogen) atoms. The van der Waals surface area contributed by atoms with E-state index in [9.17, 15) is 13.0 Å². The van der Waals surface area contributed by atoms with Crippen molar-refractivity contribution in [2.45, 2.75) is 50.1 Å². The standard InChI is InChI=1S/C31H32N6O3S3/c1-4-23(17-21(2)36-16-15-32-20-36)24-11-9-22(10-12-24)19-37-27-7-5-6-8-28(27)41-31(37)34-33-30-35(3)26-14-13-25(43(38,39)40)18-29(26)42-30/h5-16,18,20-21,23H,4,17,19H2,1-3H3,(H,38,39,40). The minimum absolute atomic E-state index is 0.142. The third-order valence-electron chi connectivity index (χ3n) is 7.83. The first-order valence-corrected chi connectivity index (χ1v) is 17.1. The molecular formula is C31H32N6O3S3. The summed E-state index contributed by atoms with van der Waals surface area (Å²) in [5.41, 5.74) is 4.41. The van der Waals surface area contributed by atoms with Crippen LogP contribution >= 0.6 is 22.7 Å². The number of aromatic nitrogens is 4. The number of para-hydroxylation sites is 1. The van der Waals surface area contributed by atoms with Gasteiger partial charge in [0.25, 0.3) is 10.1 Å². The fourth-order valence-electron chi connectivity index (χ4n) is 5.39. The van der Waals surface area contributed by atoms with Crippen LogP contribution in [0, 0.1) is 0 Å². The first-order valence-electron chi connectivity index (χ1n) is 14.0. The second-order valence-electron chi connectivity index (χ2n) is 10.6. The molecule has 0 bridgehead atoms. The fourth-order valence-corrected chi connectivity index (χ4v) is 7.96. The average molecular weight is 633 g/mol. The molecule has 9 nitrogen and oxygen atoms in total. The van der Waals surface area contributed by atoms with Crippen molar-refractivity contribution >= 4 is 53.2 Å². The summed E-state index contributed by atoms with van der Waals surface area (Å²) in [5, 5.41) is 9.25. The maximum atomic E-state index is 11.6. The number of thiazole rings is 2. The van der Waals surface area contributed by atoms with E-state index in [0.29, 0.717) is 28.0 Å². The SMILES string of the molecule is CCC(CC(C)n1ccnc1)c1ccc(Cn2c(=NN=c3sc4cc(S(=O)(=O)O)ccc4n3C)sc3ccccc32)cc1. The minimum Gasteiger partial charge on any atom is -0.335 e. The molecule has 0 spiro atoms. The smallest absolute Gasteiger partial charge is 0.294 e. The third-order valence-corrected chi connectivity index (χ3v) is 10.8. The molecule has 3 aromatic heterocycles. The van der Waals surface area contributed by atoms with Gasteiger partial charge in [-0.1, -0.05) is 66.0 Å². The Kier molecular flexibility index (Phi) is 8.19. The van der Waals surface area contributed by atoms with Gasteiger partial charge in [-0.25, -0.2) is 4.98 Å². The van der Waals surface area contributed by atoms with Gasteiger partial charge in [-0.2, -0.15) is 8.42 Å². The van der Waals surface area contributed by atoms with Crippen molar-refractivity contribution < 1.29 is 13.0 Å². The summed E-state index contributed by atoms with van der Waals surface area (Å²) in [4.78, 5) is 5.44. The Morgan fingerprint density at radius 3 is 2.42 bits per heavy atom. The van der Waals surface area contributed by atoms with Crippen LogP contribution in [-0.4, -0.2) is 31.7 Å². The van der Waals surface area contributed by atoms with Gasteiger partial charge in [0.2, 0.25) is 9.60 Å². The fraction of sp³-hybridized carbons (Fsp3) is 0.258. The van der Waals surface area contributed by atoms with Crippen molar-refractivity contribution in [1.29, 1.82) is 0 Å². The van der Waals surface area contributed by atoms with Gasteiger partial charge in [0.05, 0.1) is 38.2 Å². The molecule has 6 rings (SSSR count). The predicted octanol–water partition coefficient (Wildman–Crippen LogP) is 6.31. The van der Waals surface area contributed by atoms with Gasteiger partial charge in [0.1, 0.15) is 0 Å². The molecule has 0 saturated heterocycles. The highest BCUT2D eigenvalue weighted by atomic mass is 32.2. The van der Waals surface area contributed by atoms with Gasteiger partial charge in [-0.05, 0) is 67.1 Å². The molecule has 0 amide bonds. The number of nitrogens with zero attached hydrogens (tertiary/aromatic N) is 6. The summed E-state index contributed by atoms with van der Waals surface area (Å²) in [6.07, 6.45) is 7.86. The molecule has 1 N–H and O–H groups in total. The van der Waals surface area contributed by atoms with Crippen LogP contribution in [0.5, 0.6) is 0 Å². The lowest BCUT2D eigenvalue weighted by Crippen LogP contribution is -2.16. The lowest BCUT2D eigenvalue weighted by Gasteiger charge is -2.21. The van der Waals surface area contributed by atoms with E-state index in [1.807, 2.05) is 42.5 Å². The molecule has 0 aliphatic carbocycles. The van der Waals surface area contributed by atoms with Crippen molar-refractivity contribution in [3.63, 3.8) is 0 Å². The number of hydrogen-bond donors (Lipinski definition) is 1. The monoisotopic (exact) mass is 632 g/mol. The molecule has 2 unspecified atom stereocenters. The zero-order chi connectivity index (χ0) is 30.1. The summed E-state index contributed by atoms with van der Waals surface area (Å²) in [6, 6.07) is 22.0. The molecule has 0 saturated carbocycles. The lowest BCUT2D eigenvalue weighted by molar-refractivity contribution is 0.444. The van der Waals surface area contributed by atoms with Crippen LogP contribution in [0.25, 0.3) is 20.4 Å². The summed E-state index contributed by atoms with van der Waals surface area (Å²) in [6.45, 7) is 5.13. The van der Waals surface area contributed by atoms with Gasteiger partial charge < -0.3 is 13.7 Å². The van der Waals surface area contributed by atoms with Gasteiger partial charge in [0, 0.05) is 25.5 Å². The molecule has 2 atom stereocenters. The van der Waals surface area contributed by atoms with E-state index in [1.54, 1.807) is 17.4 Å². The third kappa shape index (κ3) is 6.14. The average Bonchev–Trinajstić information content (AvgIpc) is 3.73. The van der Waals surface area contributed by atoms with Crippen LogP contribution in [0.15, 0.2) is 101 Å². The first kappa shape index (κ1) is 29.2.